The van der Waals surface area contributed by atoms with Crippen molar-refractivity contribution in [2.75, 3.05) is 6.61 Å². The van der Waals surface area contributed by atoms with Crippen molar-refractivity contribution in [3.63, 3.8) is 0 Å². The lowest BCUT2D eigenvalue weighted by molar-refractivity contribution is -0.146. The summed E-state index contributed by atoms with van der Waals surface area (Å²) < 4.78 is 9.08. The van der Waals surface area contributed by atoms with Crippen molar-refractivity contribution < 1.29 is 9.53 Å². The highest BCUT2D eigenvalue weighted by Gasteiger charge is 2.25. The molecule has 154 valence electrons. The molecule has 0 N–H and O–H groups in total. The molecule has 8 nitrogen and oxygen atoms in total. The summed E-state index contributed by atoms with van der Waals surface area (Å²) in [5.74, 6) is -0.416. The summed E-state index contributed by atoms with van der Waals surface area (Å²) in [5, 5.41) is 0.523. The van der Waals surface area contributed by atoms with E-state index in [1.807, 2.05) is 13.8 Å². The molecule has 1 unspecified atom stereocenters. The van der Waals surface area contributed by atoms with Gasteiger partial charge in [0, 0.05) is 11.6 Å². The Hall–Kier alpha value is -2.87. The van der Waals surface area contributed by atoms with Gasteiger partial charge in [-0.05, 0) is 44.0 Å². The third kappa shape index (κ3) is 3.85. The molecule has 1 atom stereocenters. The minimum Gasteiger partial charge on any atom is -0.464 e. The number of fused-ring (bicyclic) bond motifs is 1. The Kier molecular flexibility index (Phi) is 5.93. The van der Waals surface area contributed by atoms with Crippen LogP contribution in [0, 0.1) is 5.92 Å². The summed E-state index contributed by atoms with van der Waals surface area (Å²) in [6, 6.07) is 5.91. The fourth-order valence-corrected chi connectivity index (χ4v) is 3.29. The lowest BCUT2D eigenvalue weighted by atomic mass is 10.2. The fraction of sp³-hybridized carbons (Fsp3) is 0.400. The number of nitrogens with zero attached hydrogens (tertiary/aromatic N) is 4. The zero-order valence-electron chi connectivity index (χ0n) is 16.8. The van der Waals surface area contributed by atoms with Gasteiger partial charge in [0.15, 0.2) is 11.2 Å². The van der Waals surface area contributed by atoms with Crippen molar-refractivity contribution in [1.29, 1.82) is 0 Å². The number of halogens is 1. The smallest absolute Gasteiger partial charge is 0.337 e. The highest BCUT2D eigenvalue weighted by atomic mass is 35.5. The molecule has 1 aromatic carbocycles. The minimum absolute atomic E-state index is 0.0652. The molecule has 9 heteroatoms. The molecule has 3 aromatic rings. The number of imidazole rings is 1. The molecule has 0 bridgehead atoms. The number of carbonyl (C=O) groups excluding carboxylic acids is 1. The van der Waals surface area contributed by atoms with E-state index in [0.717, 1.165) is 0 Å². The van der Waals surface area contributed by atoms with Gasteiger partial charge < -0.3 is 9.30 Å². The molecular formula is C20H23ClN4O4. The van der Waals surface area contributed by atoms with E-state index in [1.165, 1.54) is 20.0 Å². The molecule has 0 fully saturated rings. The van der Waals surface area contributed by atoms with Crippen LogP contribution in [0.5, 0.6) is 0 Å². The van der Waals surface area contributed by atoms with E-state index < -0.39 is 23.3 Å². The quantitative estimate of drug-likeness (QED) is 0.574. The highest BCUT2D eigenvalue weighted by Crippen LogP contribution is 2.19. The van der Waals surface area contributed by atoms with Gasteiger partial charge in [0.2, 0.25) is 0 Å². The van der Waals surface area contributed by atoms with Crippen LogP contribution in [0.15, 0.2) is 40.2 Å². The molecule has 29 heavy (non-hydrogen) atoms. The lowest BCUT2D eigenvalue weighted by Gasteiger charge is -2.16. The second kappa shape index (κ2) is 8.24. The van der Waals surface area contributed by atoms with Crippen molar-refractivity contribution in [3.05, 3.63) is 56.5 Å². The average molecular weight is 419 g/mol. The summed E-state index contributed by atoms with van der Waals surface area (Å²) in [6.45, 7) is 7.64. The third-order valence-electron chi connectivity index (χ3n) is 4.53. The van der Waals surface area contributed by atoms with Crippen LogP contribution >= 0.6 is 11.6 Å². The van der Waals surface area contributed by atoms with E-state index in [9.17, 15) is 14.4 Å². The SMILES string of the molecule is CCOC(=O)C(C)n1cnc2c1c(=O)n(CC(C)C)c(=O)n2-c1ccc(Cl)cc1. The first-order valence-corrected chi connectivity index (χ1v) is 9.79. The number of carbonyl (C=O) groups is 1. The molecule has 0 saturated carbocycles. The van der Waals surface area contributed by atoms with E-state index in [1.54, 1.807) is 38.1 Å². The van der Waals surface area contributed by atoms with Gasteiger partial charge in [-0.1, -0.05) is 25.4 Å². The number of hydrogen-bond donors (Lipinski definition) is 0. The van der Waals surface area contributed by atoms with Crippen molar-refractivity contribution in [3.8, 4) is 5.69 Å². The molecule has 0 aliphatic heterocycles. The van der Waals surface area contributed by atoms with Gasteiger partial charge in [0.25, 0.3) is 5.56 Å². The molecule has 0 aliphatic rings. The summed E-state index contributed by atoms with van der Waals surface area (Å²) in [7, 11) is 0. The molecular weight excluding hydrogens is 396 g/mol. The van der Waals surface area contributed by atoms with Crippen LogP contribution < -0.4 is 11.2 Å². The highest BCUT2D eigenvalue weighted by molar-refractivity contribution is 6.30. The van der Waals surface area contributed by atoms with Crippen molar-refractivity contribution in [1.82, 2.24) is 18.7 Å². The van der Waals surface area contributed by atoms with Crippen LogP contribution in [0.1, 0.15) is 33.7 Å². The van der Waals surface area contributed by atoms with Crippen molar-refractivity contribution in [2.24, 2.45) is 5.92 Å². The summed E-state index contributed by atoms with van der Waals surface area (Å²) in [4.78, 5) is 42.9. The van der Waals surface area contributed by atoms with Gasteiger partial charge in [-0.25, -0.2) is 19.1 Å². The maximum absolute atomic E-state index is 13.2. The van der Waals surface area contributed by atoms with E-state index in [2.05, 4.69) is 4.98 Å². The standard InChI is InChI=1S/C20H23ClN4O4/c1-5-29-19(27)13(4)24-11-22-17-16(24)18(26)23(10-12(2)3)20(28)25(17)15-8-6-14(21)7-9-15/h6-9,11-13H,5,10H2,1-4H3. The normalized spacial score (nSPS) is 12.5. The second-order valence-corrected chi connectivity index (χ2v) is 7.59. The van der Waals surface area contributed by atoms with E-state index in [4.69, 9.17) is 16.3 Å². The van der Waals surface area contributed by atoms with E-state index in [-0.39, 0.29) is 30.2 Å². The van der Waals surface area contributed by atoms with E-state index >= 15 is 0 Å². The number of esters is 1. The van der Waals surface area contributed by atoms with Gasteiger partial charge in [0.1, 0.15) is 6.04 Å². The van der Waals surface area contributed by atoms with Crippen molar-refractivity contribution in [2.45, 2.75) is 40.3 Å². The maximum atomic E-state index is 13.2. The zero-order chi connectivity index (χ0) is 21.3. The van der Waals surface area contributed by atoms with Crippen LogP contribution in [-0.4, -0.2) is 31.3 Å². The number of ether oxygens (including phenoxy) is 1. The molecule has 0 aliphatic carbocycles. The number of aromatic nitrogens is 4. The molecule has 0 saturated heterocycles. The Morgan fingerprint density at radius 2 is 1.83 bits per heavy atom. The Labute approximate surface area is 172 Å². The topological polar surface area (TPSA) is 88.1 Å². The first kappa shape index (κ1) is 20.9. The van der Waals surface area contributed by atoms with Crippen LogP contribution in [0.4, 0.5) is 0 Å². The lowest BCUT2D eigenvalue weighted by Crippen LogP contribution is -2.41. The average Bonchev–Trinajstić information content (AvgIpc) is 3.11. The largest absolute Gasteiger partial charge is 0.464 e. The van der Waals surface area contributed by atoms with Crippen LogP contribution in [0.2, 0.25) is 5.02 Å². The van der Waals surface area contributed by atoms with Gasteiger partial charge in [-0.3, -0.25) is 9.36 Å². The van der Waals surface area contributed by atoms with Gasteiger partial charge >= 0.3 is 11.7 Å². The molecule has 3 rings (SSSR count). The monoisotopic (exact) mass is 418 g/mol. The molecule has 0 spiro atoms. The Balaban J connectivity index is 2.36. The first-order chi connectivity index (χ1) is 13.8. The minimum atomic E-state index is -0.767. The van der Waals surface area contributed by atoms with E-state index in [0.29, 0.717) is 10.7 Å². The third-order valence-corrected chi connectivity index (χ3v) is 4.79. The molecule has 2 heterocycles. The Morgan fingerprint density at radius 3 is 2.41 bits per heavy atom. The summed E-state index contributed by atoms with van der Waals surface area (Å²) in [6.07, 6.45) is 1.39. The van der Waals surface area contributed by atoms with Gasteiger partial charge in [0.05, 0.1) is 18.6 Å². The van der Waals surface area contributed by atoms with Crippen molar-refractivity contribution >= 4 is 28.7 Å². The zero-order valence-corrected chi connectivity index (χ0v) is 17.5. The van der Waals surface area contributed by atoms with Crippen LogP contribution in [0.3, 0.4) is 0 Å². The summed E-state index contributed by atoms with van der Waals surface area (Å²) >= 11 is 5.98. The number of benzene rings is 1. The second-order valence-electron chi connectivity index (χ2n) is 7.16. The summed E-state index contributed by atoms with van der Waals surface area (Å²) in [5.41, 5.74) is -0.111. The van der Waals surface area contributed by atoms with Crippen LogP contribution in [-0.2, 0) is 16.1 Å². The Morgan fingerprint density at radius 1 is 1.17 bits per heavy atom. The number of hydrogen-bond acceptors (Lipinski definition) is 5. The first-order valence-electron chi connectivity index (χ1n) is 9.41. The molecule has 0 radical (unpaired) electrons. The van der Waals surface area contributed by atoms with Gasteiger partial charge in [-0.2, -0.15) is 0 Å². The predicted octanol–water partition coefficient (Wildman–Crippen LogP) is 2.78. The Bertz CT molecular complexity index is 1160. The molecule has 0 amide bonds. The fourth-order valence-electron chi connectivity index (χ4n) is 3.17. The maximum Gasteiger partial charge on any atom is 0.337 e. The molecule has 2 aromatic heterocycles. The predicted molar refractivity (Wildman–Crippen MR) is 111 cm³/mol. The number of rotatable bonds is 6. The van der Waals surface area contributed by atoms with Crippen LogP contribution in [0.25, 0.3) is 16.9 Å². The van der Waals surface area contributed by atoms with Gasteiger partial charge in [-0.15, -0.1) is 0 Å².